The first-order chi connectivity index (χ1) is 10.4. The average Bonchev–Trinajstić information content (AvgIpc) is 2.45. The van der Waals surface area contributed by atoms with Crippen molar-refractivity contribution in [1.29, 1.82) is 0 Å². The highest BCUT2D eigenvalue weighted by Gasteiger charge is 2.17. The molecule has 2 rings (SSSR count). The second kappa shape index (κ2) is 6.93. The molecule has 1 heterocycles. The summed E-state index contributed by atoms with van der Waals surface area (Å²) in [7, 11) is 0. The van der Waals surface area contributed by atoms with Crippen molar-refractivity contribution < 1.29 is 9.53 Å². The third kappa shape index (κ3) is 5.09. The van der Waals surface area contributed by atoms with Crippen molar-refractivity contribution in [3.05, 3.63) is 54.4 Å². The summed E-state index contributed by atoms with van der Waals surface area (Å²) in [6, 6.07) is 11.4. The van der Waals surface area contributed by atoms with E-state index in [1.165, 1.54) is 0 Å². The van der Waals surface area contributed by atoms with Crippen LogP contribution in [0.15, 0.2) is 48.8 Å². The highest BCUT2D eigenvalue weighted by molar-refractivity contribution is 5.89. The van der Waals surface area contributed by atoms with Crippen LogP contribution in [-0.2, 0) is 11.3 Å². The summed E-state index contributed by atoms with van der Waals surface area (Å²) in [6.07, 6.45) is 3.04. The van der Waals surface area contributed by atoms with E-state index in [-0.39, 0.29) is 0 Å². The summed E-state index contributed by atoms with van der Waals surface area (Å²) < 4.78 is 5.27. The smallest absolute Gasteiger partial charge is 0.412 e. The Labute approximate surface area is 130 Å². The molecular weight excluding hydrogens is 278 g/mol. The Morgan fingerprint density at radius 2 is 1.73 bits per heavy atom. The maximum Gasteiger partial charge on any atom is 0.412 e. The van der Waals surface area contributed by atoms with Crippen LogP contribution in [0.25, 0.3) is 0 Å². The van der Waals surface area contributed by atoms with Gasteiger partial charge in [0.15, 0.2) is 0 Å². The quantitative estimate of drug-likeness (QED) is 0.894. The van der Waals surface area contributed by atoms with Crippen molar-refractivity contribution in [3.8, 4) is 0 Å². The number of rotatable bonds is 4. The second-order valence-electron chi connectivity index (χ2n) is 5.88. The first kappa shape index (κ1) is 15.8. The highest BCUT2D eigenvalue weighted by Crippen LogP contribution is 2.22. The zero-order valence-electron chi connectivity index (χ0n) is 13.1. The number of pyridine rings is 1. The Hall–Kier alpha value is -2.56. The van der Waals surface area contributed by atoms with Gasteiger partial charge < -0.3 is 10.1 Å². The molecule has 0 aliphatic rings. The van der Waals surface area contributed by atoms with Crippen LogP contribution in [0.2, 0.25) is 0 Å². The molecule has 0 saturated carbocycles. The molecule has 0 aliphatic heterocycles. The fourth-order valence-electron chi connectivity index (χ4n) is 1.86. The Morgan fingerprint density at radius 3 is 2.36 bits per heavy atom. The summed E-state index contributed by atoms with van der Waals surface area (Å²) in [5.41, 5.74) is 2.11. The van der Waals surface area contributed by atoms with Crippen molar-refractivity contribution in [1.82, 2.24) is 4.98 Å². The Balaban J connectivity index is 2.02. The first-order valence-corrected chi connectivity index (χ1v) is 7.16. The van der Waals surface area contributed by atoms with Crippen molar-refractivity contribution in [2.75, 3.05) is 10.6 Å². The molecule has 5 nitrogen and oxygen atoms in total. The number of nitrogens with one attached hydrogen (secondary N) is 2. The summed E-state index contributed by atoms with van der Waals surface area (Å²) in [5.74, 6) is 0. The summed E-state index contributed by atoms with van der Waals surface area (Å²) in [5, 5.41) is 6.07. The van der Waals surface area contributed by atoms with Gasteiger partial charge >= 0.3 is 6.09 Å². The van der Waals surface area contributed by atoms with Gasteiger partial charge in [0.05, 0.1) is 11.4 Å². The Kier molecular flexibility index (Phi) is 4.99. The number of carbonyl (C=O) groups excluding carboxylic acids is 1. The van der Waals surface area contributed by atoms with E-state index in [9.17, 15) is 4.79 Å². The zero-order valence-corrected chi connectivity index (χ0v) is 13.1. The number of amides is 1. The molecule has 0 spiro atoms. The minimum Gasteiger partial charge on any atom is -0.444 e. The molecular formula is C17H21N3O2. The van der Waals surface area contributed by atoms with Gasteiger partial charge in [0.1, 0.15) is 5.60 Å². The molecule has 2 N–H and O–H groups in total. The molecule has 0 saturated heterocycles. The van der Waals surface area contributed by atoms with E-state index < -0.39 is 11.7 Å². The van der Waals surface area contributed by atoms with Gasteiger partial charge in [-0.05, 0) is 50.6 Å². The molecule has 1 amide bonds. The molecule has 116 valence electrons. The summed E-state index contributed by atoms with van der Waals surface area (Å²) >= 11 is 0. The second-order valence-corrected chi connectivity index (χ2v) is 5.88. The standard InChI is InChI=1S/C17H21N3O2/c1-17(2,3)22-16(21)20-15-7-5-4-6-14(15)19-12-13-8-10-18-11-9-13/h4-11,19H,12H2,1-3H3,(H,20,21). The van der Waals surface area contributed by atoms with E-state index in [0.717, 1.165) is 11.3 Å². The summed E-state index contributed by atoms with van der Waals surface area (Å²) in [4.78, 5) is 15.9. The molecule has 5 heteroatoms. The van der Waals surface area contributed by atoms with Gasteiger partial charge in [0.2, 0.25) is 0 Å². The van der Waals surface area contributed by atoms with Gasteiger partial charge in [-0.1, -0.05) is 12.1 Å². The molecule has 1 aromatic carbocycles. The molecule has 0 atom stereocenters. The van der Waals surface area contributed by atoms with E-state index in [1.807, 2.05) is 57.2 Å². The van der Waals surface area contributed by atoms with Crippen LogP contribution in [0.1, 0.15) is 26.3 Å². The van der Waals surface area contributed by atoms with Gasteiger partial charge in [0, 0.05) is 18.9 Å². The molecule has 22 heavy (non-hydrogen) atoms. The van der Waals surface area contributed by atoms with Crippen LogP contribution in [0, 0.1) is 0 Å². The van der Waals surface area contributed by atoms with E-state index in [1.54, 1.807) is 12.4 Å². The van der Waals surface area contributed by atoms with Crippen molar-refractivity contribution in [2.45, 2.75) is 32.9 Å². The molecule has 0 unspecified atom stereocenters. The number of aromatic nitrogens is 1. The fraction of sp³-hybridized carbons (Fsp3) is 0.294. The van der Waals surface area contributed by atoms with Gasteiger partial charge in [-0.15, -0.1) is 0 Å². The van der Waals surface area contributed by atoms with Crippen LogP contribution < -0.4 is 10.6 Å². The zero-order chi connectivity index (χ0) is 16.0. The number of para-hydroxylation sites is 2. The first-order valence-electron chi connectivity index (χ1n) is 7.16. The molecule has 0 bridgehead atoms. The number of hydrogen-bond donors (Lipinski definition) is 2. The highest BCUT2D eigenvalue weighted by atomic mass is 16.6. The minimum absolute atomic E-state index is 0.467. The van der Waals surface area contributed by atoms with Crippen LogP contribution in [0.5, 0.6) is 0 Å². The minimum atomic E-state index is -0.524. The summed E-state index contributed by atoms with van der Waals surface area (Å²) in [6.45, 7) is 6.15. The lowest BCUT2D eigenvalue weighted by Crippen LogP contribution is -2.27. The fourth-order valence-corrected chi connectivity index (χ4v) is 1.86. The van der Waals surface area contributed by atoms with E-state index >= 15 is 0 Å². The van der Waals surface area contributed by atoms with Crippen LogP contribution in [-0.4, -0.2) is 16.7 Å². The van der Waals surface area contributed by atoms with Crippen molar-refractivity contribution in [2.24, 2.45) is 0 Å². The van der Waals surface area contributed by atoms with Gasteiger partial charge in [-0.25, -0.2) is 4.79 Å². The number of benzene rings is 1. The topological polar surface area (TPSA) is 63.2 Å². The van der Waals surface area contributed by atoms with E-state index in [4.69, 9.17) is 4.74 Å². The number of anilines is 2. The third-order valence-corrected chi connectivity index (χ3v) is 2.79. The normalized spacial score (nSPS) is 10.9. The lowest BCUT2D eigenvalue weighted by atomic mass is 10.2. The van der Waals surface area contributed by atoms with Crippen LogP contribution in [0.3, 0.4) is 0 Å². The van der Waals surface area contributed by atoms with E-state index in [2.05, 4.69) is 15.6 Å². The monoisotopic (exact) mass is 299 g/mol. The average molecular weight is 299 g/mol. The number of nitrogens with zero attached hydrogens (tertiary/aromatic N) is 1. The molecule has 0 fully saturated rings. The van der Waals surface area contributed by atoms with Crippen LogP contribution in [0.4, 0.5) is 16.2 Å². The number of carbonyl (C=O) groups is 1. The SMILES string of the molecule is CC(C)(C)OC(=O)Nc1ccccc1NCc1ccncc1. The molecule has 1 aromatic heterocycles. The predicted molar refractivity (Wildman–Crippen MR) is 87.9 cm³/mol. The molecule has 2 aromatic rings. The van der Waals surface area contributed by atoms with Gasteiger partial charge in [0.25, 0.3) is 0 Å². The Morgan fingerprint density at radius 1 is 1.09 bits per heavy atom. The van der Waals surface area contributed by atoms with E-state index in [0.29, 0.717) is 12.2 Å². The molecule has 0 radical (unpaired) electrons. The Bertz CT molecular complexity index is 621. The van der Waals surface area contributed by atoms with Crippen LogP contribution >= 0.6 is 0 Å². The van der Waals surface area contributed by atoms with Crippen molar-refractivity contribution >= 4 is 17.5 Å². The van der Waals surface area contributed by atoms with Gasteiger partial charge in [-0.2, -0.15) is 0 Å². The molecule has 0 aliphatic carbocycles. The predicted octanol–water partition coefficient (Wildman–Crippen LogP) is 4.04. The lowest BCUT2D eigenvalue weighted by Gasteiger charge is -2.20. The maximum atomic E-state index is 11.9. The third-order valence-electron chi connectivity index (χ3n) is 2.79. The lowest BCUT2D eigenvalue weighted by molar-refractivity contribution is 0.0636. The van der Waals surface area contributed by atoms with Crippen molar-refractivity contribution in [3.63, 3.8) is 0 Å². The number of hydrogen-bond acceptors (Lipinski definition) is 4. The maximum absolute atomic E-state index is 11.9. The largest absolute Gasteiger partial charge is 0.444 e. The number of ether oxygens (including phenoxy) is 1. The van der Waals surface area contributed by atoms with Gasteiger partial charge in [-0.3, -0.25) is 10.3 Å².